The standard InChI is InChI=1S/C7H11N3O2/c1-2-12-6(11)7(3-4-7)5-9-10-8/h2-5H2,1H3. The highest BCUT2D eigenvalue weighted by Gasteiger charge is 2.50. The molecule has 0 spiro atoms. The van der Waals surface area contributed by atoms with Gasteiger partial charge in [-0.3, -0.25) is 4.79 Å². The first kappa shape index (κ1) is 8.87. The van der Waals surface area contributed by atoms with Crippen LogP contribution >= 0.6 is 0 Å². The molecule has 0 N–H and O–H groups in total. The lowest BCUT2D eigenvalue weighted by molar-refractivity contribution is -0.149. The zero-order valence-corrected chi connectivity index (χ0v) is 6.99. The summed E-state index contributed by atoms with van der Waals surface area (Å²) in [4.78, 5) is 13.8. The van der Waals surface area contributed by atoms with Crippen LogP contribution in [0.1, 0.15) is 19.8 Å². The van der Waals surface area contributed by atoms with Gasteiger partial charge in [-0.2, -0.15) is 0 Å². The molecule has 5 nitrogen and oxygen atoms in total. The maximum atomic E-state index is 11.2. The minimum atomic E-state index is -0.470. The molecule has 1 aliphatic carbocycles. The summed E-state index contributed by atoms with van der Waals surface area (Å²) in [5.41, 5.74) is 7.61. The normalized spacial score (nSPS) is 17.8. The average molecular weight is 169 g/mol. The number of nitrogens with zero attached hydrogens (tertiary/aromatic N) is 3. The summed E-state index contributed by atoms with van der Waals surface area (Å²) in [5, 5.41) is 3.39. The largest absolute Gasteiger partial charge is 0.466 e. The van der Waals surface area contributed by atoms with Gasteiger partial charge in [0.25, 0.3) is 0 Å². The van der Waals surface area contributed by atoms with Crippen molar-refractivity contribution in [3.8, 4) is 0 Å². The Kier molecular flexibility index (Phi) is 2.55. The molecule has 0 amide bonds. The summed E-state index contributed by atoms with van der Waals surface area (Å²) < 4.78 is 4.84. The second kappa shape index (κ2) is 3.45. The Balaban J connectivity index is 2.48. The van der Waals surface area contributed by atoms with Gasteiger partial charge in [0.2, 0.25) is 0 Å². The van der Waals surface area contributed by atoms with Crippen LogP contribution in [0.15, 0.2) is 5.11 Å². The summed E-state index contributed by atoms with van der Waals surface area (Å²) in [6.07, 6.45) is 1.57. The molecule has 0 saturated heterocycles. The Morgan fingerprint density at radius 2 is 2.42 bits per heavy atom. The zero-order chi connectivity index (χ0) is 9.03. The van der Waals surface area contributed by atoms with Crippen LogP contribution in [0.2, 0.25) is 0 Å². The minimum Gasteiger partial charge on any atom is -0.466 e. The molecular formula is C7H11N3O2. The third-order valence-corrected chi connectivity index (χ3v) is 2.00. The lowest BCUT2D eigenvalue weighted by Gasteiger charge is -2.09. The van der Waals surface area contributed by atoms with Crippen LogP contribution < -0.4 is 0 Å². The summed E-state index contributed by atoms with van der Waals surface area (Å²) >= 11 is 0. The number of rotatable bonds is 4. The number of ether oxygens (including phenoxy) is 1. The molecule has 0 aromatic rings. The molecule has 5 heteroatoms. The van der Waals surface area contributed by atoms with Crippen LogP contribution in [-0.4, -0.2) is 19.1 Å². The van der Waals surface area contributed by atoms with Crippen molar-refractivity contribution in [1.29, 1.82) is 0 Å². The van der Waals surface area contributed by atoms with Gasteiger partial charge in [0.05, 0.1) is 12.0 Å². The third kappa shape index (κ3) is 1.68. The van der Waals surface area contributed by atoms with Gasteiger partial charge < -0.3 is 4.74 Å². The number of hydrogen-bond acceptors (Lipinski definition) is 3. The van der Waals surface area contributed by atoms with E-state index in [1.165, 1.54) is 0 Å². The van der Waals surface area contributed by atoms with Crippen LogP contribution in [0.4, 0.5) is 0 Å². The van der Waals surface area contributed by atoms with Crippen molar-refractivity contribution in [1.82, 2.24) is 0 Å². The smallest absolute Gasteiger partial charge is 0.312 e. The molecular weight excluding hydrogens is 158 g/mol. The van der Waals surface area contributed by atoms with E-state index in [4.69, 9.17) is 10.3 Å². The van der Waals surface area contributed by atoms with Crippen LogP contribution in [-0.2, 0) is 9.53 Å². The quantitative estimate of drug-likeness (QED) is 0.277. The summed E-state index contributed by atoms with van der Waals surface area (Å²) in [6, 6.07) is 0. The van der Waals surface area contributed by atoms with Crippen molar-refractivity contribution in [2.75, 3.05) is 13.2 Å². The zero-order valence-electron chi connectivity index (χ0n) is 6.99. The van der Waals surface area contributed by atoms with Crippen LogP contribution in [0.5, 0.6) is 0 Å². The summed E-state index contributed by atoms with van der Waals surface area (Å²) in [7, 11) is 0. The Labute approximate surface area is 70.3 Å². The molecule has 0 bridgehead atoms. The van der Waals surface area contributed by atoms with Crippen molar-refractivity contribution in [2.45, 2.75) is 19.8 Å². The second-order valence-corrected chi connectivity index (χ2v) is 2.89. The van der Waals surface area contributed by atoms with E-state index in [-0.39, 0.29) is 12.5 Å². The molecule has 1 fully saturated rings. The lowest BCUT2D eigenvalue weighted by Crippen LogP contribution is -2.21. The second-order valence-electron chi connectivity index (χ2n) is 2.89. The van der Waals surface area contributed by atoms with E-state index < -0.39 is 5.41 Å². The van der Waals surface area contributed by atoms with Crippen molar-refractivity contribution < 1.29 is 9.53 Å². The fourth-order valence-corrected chi connectivity index (χ4v) is 1.03. The van der Waals surface area contributed by atoms with Gasteiger partial charge in [-0.1, -0.05) is 5.11 Å². The predicted molar refractivity (Wildman–Crippen MR) is 42.3 cm³/mol. The minimum absolute atomic E-state index is 0.225. The highest BCUT2D eigenvalue weighted by molar-refractivity contribution is 5.80. The van der Waals surface area contributed by atoms with Crippen LogP contribution in [0.3, 0.4) is 0 Å². The summed E-state index contributed by atoms with van der Waals surface area (Å²) in [5.74, 6) is -0.225. The van der Waals surface area contributed by atoms with E-state index in [1.807, 2.05) is 0 Å². The Morgan fingerprint density at radius 1 is 1.75 bits per heavy atom. The van der Waals surface area contributed by atoms with Gasteiger partial charge in [-0.15, -0.1) is 0 Å². The number of carbonyl (C=O) groups excluding carboxylic acids is 1. The molecule has 1 saturated carbocycles. The van der Waals surface area contributed by atoms with Crippen LogP contribution in [0, 0.1) is 5.41 Å². The van der Waals surface area contributed by atoms with Gasteiger partial charge in [0, 0.05) is 11.5 Å². The van der Waals surface area contributed by atoms with Crippen molar-refractivity contribution >= 4 is 5.97 Å². The molecule has 0 unspecified atom stereocenters. The predicted octanol–water partition coefficient (Wildman–Crippen LogP) is 1.64. The van der Waals surface area contributed by atoms with Gasteiger partial charge >= 0.3 is 5.97 Å². The molecule has 66 valence electrons. The van der Waals surface area contributed by atoms with E-state index in [1.54, 1.807) is 6.92 Å². The monoisotopic (exact) mass is 169 g/mol. The first-order valence-electron chi connectivity index (χ1n) is 3.93. The van der Waals surface area contributed by atoms with E-state index in [0.29, 0.717) is 6.61 Å². The van der Waals surface area contributed by atoms with Gasteiger partial charge in [0.15, 0.2) is 0 Å². The molecule has 0 aliphatic heterocycles. The van der Waals surface area contributed by atoms with Crippen molar-refractivity contribution in [3.63, 3.8) is 0 Å². The number of hydrogen-bond donors (Lipinski definition) is 0. The topological polar surface area (TPSA) is 75.1 Å². The first-order chi connectivity index (χ1) is 5.75. The molecule has 0 heterocycles. The molecule has 0 atom stereocenters. The number of esters is 1. The molecule has 0 radical (unpaired) electrons. The molecule has 1 aliphatic rings. The van der Waals surface area contributed by atoms with Crippen molar-refractivity contribution in [3.05, 3.63) is 10.4 Å². The highest BCUT2D eigenvalue weighted by atomic mass is 16.5. The van der Waals surface area contributed by atoms with E-state index in [2.05, 4.69) is 10.0 Å². The van der Waals surface area contributed by atoms with Crippen molar-refractivity contribution in [2.24, 2.45) is 10.5 Å². The fraction of sp³-hybridized carbons (Fsp3) is 0.857. The maximum Gasteiger partial charge on any atom is 0.312 e. The Hall–Kier alpha value is -1.22. The number of azide groups is 1. The van der Waals surface area contributed by atoms with Gasteiger partial charge in [0.1, 0.15) is 0 Å². The number of carbonyl (C=O) groups is 1. The first-order valence-corrected chi connectivity index (χ1v) is 3.93. The van der Waals surface area contributed by atoms with E-state index >= 15 is 0 Å². The van der Waals surface area contributed by atoms with Gasteiger partial charge in [-0.05, 0) is 25.3 Å². The third-order valence-electron chi connectivity index (χ3n) is 2.00. The van der Waals surface area contributed by atoms with E-state index in [9.17, 15) is 4.79 Å². The average Bonchev–Trinajstić information content (AvgIpc) is 2.82. The van der Waals surface area contributed by atoms with Gasteiger partial charge in [-0.25, -0.2) is 0 Å². The molecule has 12 heavy (non-hydrogen) atoms. The van der Waals surface area contributed by atoms with Crippen LogP contribution in [0.25, 0.3) is 10.4 Å². The maximum absolute atomic E-state index is 11.2. The fourth-order valence-electron chi connectivity index (χ4n) is 1.03. The SMILES string of the molecule is CCOC(=O)C1(CN=[N+]=[N-])CC1. The van der Waals surface area contributed by atoms with E-state index in [0.717, 1.165) is 12.8 Å². The Bertz CT molecular complexity index is 229. The Morgan fingerprint density at radius 3 is 2.83 bits per heavy atom. The molecule has 1 rings (SSSR count). The summed E-state index contributed by atoms with van der Waals surface area (Å²) in [6.45, 7) is 2.39. The highest BCUT2D eigenvalue weighted by Crippen LogP contribution is 2.47. The molecule has 0 aromatic heterocycles. The lowest BCUT2D eigenvalue weighted by atomic mass is 10.1. The molecule has 0 aromatic carbocycles.